The molecule has 0 bridgehead atoms. The first-order valence-electron chi connectivity index (χ1n) is 2.88. The highest BCUT2D eigenvalue weighted by molar-refractivity contribution is 5.45. The van der Waals surface area contributed by atoms with E-state index < -0.39 is 0 Å². The van der Waals surface area contributed by atoms with Crippen LogP contribution in [0.4, 0.5) is 0 Å². The van der Waals surface area contributed by atoms with Crippen molar-refractivity contribution in [3.8, 4) is 0 Å². The Labute approximate surface area is 58.5 Å². The van der Waals surface area contributed by atoms with E-state index in [2.05, 4.69) is 17.3 Å². The first-order chi connectivity index (χ1) is 4.84. The minimum absolute atomic E-state index is 0.112. The molecule has 0 atom stereocenters. The van der Waals surface area contributed by atoms with E-state index in [4.69, 9.17) is 0 Å². The molecule has 1 aromatic heterocycles. The highest BCUT2D eigenvalue weighted by Crippen LogP contribution is 1.89. The van der Waals surface area contributed by atoms with Crippen molar-refractivity contribution in [1.29, 1.82) is 0 Å². The second-order valence-electron chi connectivity index (χ2n) is 1.80. The lowest BCUT2D eigenvalue weighted by atomic mass is 10.3. The second-order valence-corrected chi connectivity index (χ2v) is 1.80. The van der Waals surface area contributed by atoms with Crippen molar-refractivity contribution in [3.05, 3.63) is 46.6 Å². The zero-order chi connectivity index (χ0) is 7.40. The maximum absolute atomic E-state index is 10.9. The van der Waals surface area contributed by atoms with Gasteiger partial charge in [-0.1, -0.05) is 6.58 Å². The fraction of sp³-hybridized carbons (Fsp3) is 0. The molecule has 0 amide bonds. The molecule has 0 saturated heterocycles. The van der Waals surface area contributed by atoms with E-state index in [0.29, 0.717) is 5.56 Å². The summed E-state index contributed by atoms with van der Waals surface area (Å²) >= 11 is 0. The van der Waals surface area contributed by atoms with Gasteiger partial charge in [0, 0.05) is 11.8 Å². The molecular weight excluding hydrogens is 126 g/mol. The SMILES string of the molecule is C=C=Cc1ccc[nH]c1=O. The molecule has 0 radical (unpaired) electrons. The smallest absolute Gasteiger partial charge is 0.255 e. The van der Waals surface area contributed by atoms with Crippen LogP contribution in [0.2, 0.25) is 0 Å². The van der Waals surface area contributed by atoms with Crippen molar-refractivity contribution in [2.75, 3.05) is 0 Å². The summed E-state index contributed by atoms with van der Waals surface area (Å²) in [4.78, 5) is 13.4. The van der Waals surface area contributed by atoms with Gasteiger partial charge in [-0.25, -0.2) is 0 Å². The average molecular weight is 133 g/mol. The monoisotopic (exact) mass is 133 g/mol. The second kappa shape index (κ2) is 2.85. The lowest BCUT2D eigenvalue weighted by Gasteiger charge is -1.85. The third-order valence-electron chi connectivity index (χ3n) is 1.11. The molecule has 1 N–H and O–H groups in total. The molecule has 0 aromatic carbocycles. The fourth-order valence-corrected chi connectivity index (χ4v) is 0.658. The highest BCUT2D eigenvalue weighted by atomic mass is 16.1. The van der Waals surface area contributed by atoms with Gasteiger partial charge in [-0.15, -0.1) is 5.73 Å². The molecule has 0 unspecified atom stereocenters. The van der Waals surface area contributed by atoms with E-state index in [1.54, 1.807) is 24.4 Å². The minimum Gasteiger partial charge on any atom is -0.329 e. The predicted octanol–water partition coefficient (Wildman–Crippen LogP) is 1.17. The van der Waals surface area contributed by atoms with E-state index in [1.165, 1.54) is 0 Å². The Morgan fingerprint density at radius 3 is 3.10 bits per heavy atom. The standard InChI is InChI=1S/C8H7NO/c1-2-4-7-5-3-6-9-8(7)10/h3-6H,1H2,(H,9,10). The van der Waals surface area contributed by atoms with Gasteiger partial charge in [0.15, 0.2) is 0 Å². The van der Waals surface area contributed by atoms with Crippen LogP contribution >= 0.6 is 0 Å². The lowest BCUT2D eigenvalue weighted by molar-refractivity contribution is 1.23. The number of rotatable bonds is 1. The summed E-state index contributed by atoms with van der Waals surface area (Å²) in [7, 11) is 0. The van der Waals surface area contributed by atoms with Crippen molar-refractivity contribution in [2.45, 2.75) is 0 Å². The maximum atomic E-state index is 10.9. The maximum Gasteiger partial charge on any atom is 0.255 e. The first kappa shape index (κ1) is 6.59. The van der Waals surface area contributed by atoms with Crippen LogP contribution in [0, 0.1) is 0 Å². The molecule has 0 saturated carbocycles. The number of hydrogen-bond donors (Lipinski definition) is 1. The highest BCUT2D eigenvalue weighted by Gasteiger charge is 1.88. The van der Waals surface area contributed by atoms with Gasteiger partial charge < -0.3 is 4.98 Å². The minimum atomic E-state index is -0.112. The molecular formula is C8H7NO. The van der Waals surface area contributed by atoms with E-state index in [0.717, 1.165) is 0 Å². The Morgan fingerprint density at radius 1 is 1.70 bits per heavy atom. The van der Waals surface area contributed by atoms with Crippen molar-refractivity contribution in [1.82, 2.24) is 4.98 Å². The molecule has 1 aromatic rings. The molecule has 0 fully saturated rings. The molecule has 2 nitrogen and oxygen atoms in total. The van der Waals surface area contributed by atoms with Gasteiger partial charge in [0.25, 0.3) is 5.56 Å². The van der Waals surface area contributed by atoms with E-state index in [-0.39, 0.29) is 5.56 Å². The summed E-state index contributed by atoms with van der Waals surface area (Å²) in [6.07, 6.45) is 3.13. The summed E-state index contributed by atoms with van der Waals surface area (Å²) < 4.78 is 0. The third-order valence-corrected chi connectivity index (χ3v) is 1.11. The van der Waals surface area contributed by atoms with Gasteiger partial charge >= 0.3 is 0 Å². The Bertz CT molecular complexity index is 318. The third kappa shape index (κ3) is 1.24. The Kier molecular flexibility index (Phi) is 1.88. The number of nitrogens with one attached hydrogen (secondary N) is 1. The van der Waals surface area contributed by atoms with Gasteiger partial charge in [0.05, 0.1) is 0 Å². The molecule has 1 rings (SSSR count). The summed E-state index contributed by atoms with van der Waals surface area (Å²) in [5.74, 6) is 0. The molecule has 50 valence electrons. The van der Waals surface area contributed by atoms with Crippen LogP contribution in [0.1, 0.15) is 5.56 Å². The fourth-order valence-electron chi connectivity index (χ4n) is 0.658. The Balaban J connectivity index is 3.28. The molecule has 2 heteroatoms. The summed E-state index contributed by atoms with van der Waals surface area (Å²) in [6, 6.07) is 3.46. The number of pyridine rings is 1. The van der Waals surface area contributed by atoms with Gasteiger partial charge in [-0.3, -0.25) is 4.79 Å². The van der Waals surface area contributed by atoms with Crippen molar-refractivity contribution < 1.29 is 0 Å². The number of H-pyrrole nitrogens is 1. The molecule has 0 aliphatic rings. The van der Waals surface area contributed by atoms with Crippen LogP contribution in [-0.2, 0) is 0 Å². The number of aromatic amines is 1. The van der Waals surface area contributed by atoms with Gasteiger partial charge in [-0.2, -0.15) is 0 Å². The van der Waals surface area contributed by atoms with Crippen molar-refractivity contribution >= 4 is 6.08 Å². The average Bonchev–Trinajstić information content (AvgIpc) is 1.94. The molecule has 10 heavy (non-hydrogen) atoms. The van der Waals surface area contributed by atoms with E-state index in [1.807, 2.05) is 0 Å². The lowest BCUT2D eigenvalue weighted by Crippen LogP contribution is -2.06. The van der Waals surface area contributed by atoms with Gasteiger partial charge in [0.2, 0.25) is 0 Å². The van der Waals surface area contributed by atoms with Gasteiger partial charge in [0.1, 0.15) is 0 Å². The first-order valence-corrected chi connectivity index (χ1v) is 2.88. The normalized spacial score (nSPS) is 8.40. The van der Waals surface area contributed by atoms with Crippen LogP contribution in [0.25, 0.3) is 6.08 Å². The summed E-state index contributed by atoms with van der Waals surface area (Å²) in [6.45, 7) is 3.36. The molecule has 0 spiro atoms. The van der Waals surface area contributed by atoms with Gasteiger partial charge in [-0.05, 0) is 18.2 Å². The summed E-state index contributed by atoms with van der Waals surface area (Å²) in [5, 5.41) is 0. The quantitative estimate of drug-likeness (QED) is 0.573. The van der Waals surface area contributed by atoms with E-state index in [9.17, 15) is 4.79 Å². The predicted molar refractivity (Wildman–Crippen MR) is 40.7 cm³/mol. The number of aromatic nitrogens is 1. The molecule has 1 heterocycles. The summed E-state index contributed by atoms with van der Waals surface area (Å²) in [5.41, 5.74) is 3.00. The zero-order valence-corrected chi connectivity index (χ0v) is 5.42. The Morgan fingerprint density at radius 2 is 2.50 bits per heavy atom. The van der Waals surface area contributed by atoms with Crippen LogP contribution in [-0.4, -0.2) is 4.98 Å². The largest absolute Gasteiger partial charge is 0.329 e. The van der Waals surface area contributed by atoms with Crippen LogP contribution in [0.3, 0.4) is 0 Å². The van der Waals surface area contributed by atoms with Crippen molar-refractivity contribution in [2.24, 2.45) is 0 Å². The van der Waals surface area contributed by atoms with Crippen molar-refractivity contribution in [3.63, 3.8) is 0 Å². The van der Waals surface area contributed by atoms with Crippen LogP contribution in [0.5, 0.6) is 0 Å². The number of hydrogen-bond acceptors (Lipinski definition) is 1. The van der Waals surface area contributed by atoms with Crippen LogP contribution in [0.15, 0.2) is 35.4 Å². The van der Waals surface area contributed by atoms with E-state index >= 15 is 0 Å². The molecule has 0 aliphatic heterocycles. The topological polar surface area (TPSA) is 32.9 Å². The molecule has 0 aliphatic carbocycles. The van der Waals surface area contributed by atoms with Crippen LogP contribution < -0.4 is 5.56 Å². The zero-order valence-electron chi connectivity index (χ0n) is 5.42. The Hall–Kier alpha value is -1.53.